The maximum absolute atomic E-state index is 6.29. The summed E-state index contributed by atoms with van der Waals surface area (Å²) >= 11 is 0. The van der Waals surface area contributed by atoms with Crippen LogP contribution in [0.5, 0.6) is 11.5 Å². The summed E-state index contributed by atoms with van der Waals surface area (Å²) in [6, 6.07) is 15.9. The Labute approximate surface area is 167 Å². The molecule has 2 N–H and O–H groups in total. The van der Waals surface area contributed by atoms with E-state index in [0.29, 0.717) is 35.4 Å². The molecule has 2 aromatic carbocycles. The zero-order valence-electron chi connectivity index (χ0n) is 16.2. The summed E-state index contributed by atoms with van der Waals surface area (Å²) in [5.74, 6) is 2.51. The first-order chi connectivity index (χ1) is 14.1. The van der Waals surface area contributed by atoms with E-state index in [1.165, 1.54) is 5.56 Å². The number of fused-ring (bicyclic) bond motifs is 2. The molecule has 0 radical (unpaired) electrons. The number of nitrogens with two attached hydrogens (primary N) is 1. The first-order valence-corrected chi connectivity index (χ1v) is 9.25. The average molecular weight is 388 g/mol. The molecule has 5 rings (SSSR count). The predicted molar refractivity (Wildman–Crippen MR) is 111 cm³/mol. The van der Waals surface area contributed by atoms with Crippen molar-refractivity contribution < 1.29 is 9.47 Å². The molecule has 8 nitrogen and oxygen atoms in total. The zero-order valence-corrected chi connectivity index (χ0v) is 16.2. The monoisotopic (exact) mass is 388 g/mol. The van der Waals surface area contributed by atoms with E-state index in [1.54, 1.807) is 11.7 Å². The third-order valence-electron chi connectivity index (χ3n) is 4.98. The Balaban J connectivity index is 1.63. The molecule has 146 valence electrons. The summed E-state index contributed by atoms with van der Waals surface area (Å²) in [5, 5.41) is 5.20. The van der Waals surface area contributed by atoms with Crippen molar-refractivity contribution in [3.05, 3.63) is 54.1 Å². The molecule has 0 saturated heterocycles. The fourth-order valence-corrected chi connectivity index (χ4v) is 3.45. The van der Waals surface area contributed by atoms with Gasteiger partial charge in [-0.05, 0) is 23.8 Å². The van der Waals surface area contributed by atoms with Crippen LogP contribution in [-0.4, -0.2) is 33.6 Å². The first kappa shape index (κ1) is 17.3. The maximum Gasteiger partial charge on any atom is 0.231 e. The summed E-state index contributed by atoms with van der Waals surface area (Å²) in [6.45, 7) is 0.896. The van der Waals surface area contributed by atoms with Crippen LogP contribution in [0.1, 0.15) is 5.56 Å². The largest absolute Gasteiger partial charge is 0.454 e. The SMILES string of the molecule is CN(Cc1ccccc1)c1nc(-c2ccc3c(c2)OCO3)c2c(N)n(C)nc2n1. The number of nitrogens with zero attached hydrogens (tertiary/aromatic N) is 5. The van der Waals surface area contributed by atoms with Crippen LogP contribution in [0.4, 0.5) is 11.8 Å². The molecule has 0 saturated carbocycles. The van der Waals surface area contributed by atoms with Gasteiger partial charge in [0.2, 0.25) is 12.7 Å². The second-order valence-electron chi connectivity index (χ2n) is 6.99. The number of aryl methyl sites for hydroxylation is 1. The van der Waals surface area contributed by atoms with Crippen molar-refractivity contribution in [2.45, 2.75) is 6.54 Å². The molecule has 4 aromatic rings. The molecular formula is C21H20N6O2. The molecule has 1 aliphatic heterocycles. The lowest BCUT2D eigenvalue weighted by atomic mass is 10.1. The van der Waals surface area contributed by atoms with Crippen LogP contribution in [0.3, 0.4) is 0 Å². The molecule has 29 heavy (non-hydrogen) atoms. The summed E-state index contributed by atoms with van der Waals surface area (Å²) in [7, 11) is 3.76. The van der Waals surface area contributed by atoms with Gasteiger partial charge in [0.25, 0.3) is 0 Å². The smallest absolute Gasteiger partial charge is 0.231 e. The van der Waals surface area contributed by atoms with Gasteiger partial charge in [-0.2, -0.15) is 10.1 Å². The van der Waals surface area contributed by atoms with E-state index in [1.807, 2.05) is 48.3 Å². The van der Waals surface area contributed by atoms with E-state index in [0.717, 1.165) is 16.7 Å². The Morgan fingerprint density at radius 2 is 1.86 bits per heavy atom. The molecule has 0 spiro atoms. The van der Waals surface area contributed by atoms with Crippen molar-refractivity contribution >= 4 is 22.8 Å². The number of benzene rings is 2. The minimum Gasteiger partial charge on any atom is -0.454 e. The van der Waals surface area contributed by atoms with Crippen LogP contribution >= 0.6 is 0 Å². The van der Waals surface area contributed by atoms with Crippen molar-refractivity contribution in [2.75, 3.05) is 24.5 Å². The molecule has 2 aromatic heterocycles. The standard InChI is InChI=1S/C21H20N6O2/c1-26(11-13-6-4-3-5-7-13)21-23-18(17-19(22)27(2)25-20(17)24-21)14-8-9-15-16(10-14)29-12-28-15/h3-10H,11-12,22H2,1-2H3. The Bertz CT molecular complexity index is 1200. The van der Waals surface area contributed by atoms with E-state index in [2.05, 4.69) is 22.2 Å². The second kappa shape index (κ2) is 6.66. The number of hydrogen-bond donors (Lipinski definition) is 1. The lowest BCUT2D eigenvalue weighted by molar-refractivity contribution is 0.174. The second-order valence-corrected chi connectivity index (χ2v) is 6.99. The van der Waals surface area contributed by atoms with Crippen LogP contribution in [0.15, 0.2) is 48.5 Å². The molecular weight excluding hydrogens is 368 g/mol. The molecule has 3 heterocycles. The van der Waals surface area contributed by atoms with Gasteiger partial charge in [0.05, 0.1) is 11.1 Å². The number of nitrogen functional groups attached to an aromatic ring is 1. The topological polar surface area (TPSA) is 91.3 Å². The number of ether oxygens (including phenoxy) is 2. The Morgan fingerprint density at radius 3 is 2.69 bits per heavy atom. The van der Waals surface area contributed by atoms with Gasteiger partial charge in [-0.15, -0.1) is 0 Å². The van der Waals surface area contributed by atoms with Gasteiger partial charge in [0.15, 0.2) is 17.1 Å². The van der Waals surface area contributed by atoms with Gasteiger partial charge < -0.3 is 20.1 Å². The van der Waals surface area contributed by atoms with Gasteiger partial charge in [-0.25, -0.2) is 4.98 Å². The highest BCUT2D eigenvalue weighted by Crippen LogP contribution is 2.38. The van der Waals surface area contributed by atoms with Gasteiger partial charge in [0, 0.05) is 26.2 Å². The number of rotatable bonds is 4. The Morgan fingerprint density at radius 1 is 1.07 bits per heavy atom. The van der Waals surface area contributed by atoms with Gasteiger partial charge in [-0.3, -0.25) is 4.68 Å². The normalized spacial score (nSPS) is 12.5. The van der Waals surface area contributed by atoms with Crippen molar-refractivity contribution in [2.24, 2.45) is 7.05 Å². The van der Waals surface area contributed by atoms with Crippen LogP contribution in [0, 0.1) is 0 Å². The predicted octanol–water partition coefficient (Wildman–Crippen LogP) is 2.98. The summed E-state index contributed by atoms with van der Waals surface area (Å²) in [6.07, 6.45) is 0. The third-order valence-corrected chi connectivity index (χ3v) is 4.98. The molecule has 0 aliphatic carbocycles. The Kier molecular flexibility index (Phi) is 3.97. The summed E-state index contributed by atoms with van der Waals surface area (Å²) in [4.78, 5) is 11.5. The van der Waals surface area contributed by atoms with Crippen molar-refractivity contribution in [1.29, 1.82) is 0 Å². The lowest BCUT2D eigenvalue weighted by Crippen LogP contribution is -2.19. The van der Waals surface area contributed by atoms with E-state index >= 15 is 0 Å². The summed E-state index contributed by atoms with van der Waals surface area (Å²) < 4.78 is 12.6. The van der Waals surface area contributed by atoms with E-state index in [-0.39, 0.29) is 6.79 Å². The van der Waals surface area contributed by atoms with Gasteiger partial charge in [-0.1, -0.05) is 30.3 Å². The molecule has 0 atom stereocenters. The lowest BCUT2D eigenvalue weighted by Gasteiger charge is -2.18. The van der Waals surface area contributed by atoms with Crippen molar-refractivity contribution in [3.63, 3.8) is 0 Å². The highest BCUT2D eigenvalue weighted by Gasteiger charge is 2.21. The summed E-state index contributed by atoms with van der Waals surface area (Å²) in [5.41, 5.74) is 9.61. The maximum atomic E-state index is 6.29. The molecule has 0 unspecified atom stereocenters. The molecule has 1 aliphatic rings. The van der Waals surface area contributed by atoms with E-state index in [4.69, 9.17) is 20.2 Å². The van der Waals surface area contributed by atoms with E-state index in [9.17, 15) is 0 Å². The first-order valence-electron chi connectivity index (χ1n) is 9.25. The van der Waals surface area contributed by atoms with Crippen molar-refractivity contribution in [3.8, 4) is 22.8 Å². The van der Waals surface area contributed by atoms with Crippen LogP contribution in [0.25, 0.3) is 22.3 Å². The quantitative estimate of drug-likeness (QED) is 0.575. The van der Waals surface area contributed by atoms with Crippen LogP contribution < -0.4 is 20.1 Å². The number of aromatic nitrogens is 4. The van der Waals surface area contributed by atoms with Crippen LogP contribution in [-0.2, 0) is 13.6 Å². The fourth-order valence-electron chi connectivity index (χ4n) is 3.45. The molecule has 8 heteroatoms. The molecule has 0 amide bonds. The molecule has 0 fully saturated rings. The fraction of sp³-hybridized carbons (Fsp3) is 0.190. The zero-order chi connectivity index (χ0) is 20.0. The Hall–Kier alpha value is -3.81. The van der Waals surface area contributed by atoms with E-state index < -0.39 is 0 Å². The van der Waals surface area contributed by atoms with Crippen LogP contribution in [0.2, 0.25) is 0 Å². The minimum absolute atomic E-state index is 0.220. The third kappa shape index (κ3) is 2.98. The number of hydrogen-bond acceptors (Lipinski definition) is 7. The highest BCUT2D eigenvalue weighted by atomic mass is 16.7. The van der Waals surface area contributed by atoms with Gasteiger partial charge >= 0.3 is 0 Å². The van der Waals surface area contributed by atoms with Gasteiger partial charge in [0.1, 0.15) is 5.82 Å². The number of anilines is 2. The average Bonchev–Trinajstić information content (AvgIpc) is 3.32. The minimum atomic E-state index is 0.220. The highest BCUT2D eigenvalue weighted by molar-refractivity contribution is 5.99. The van der Waals surface area contributed by atoms with Crippen molar-refractivity contribution in [1.82, 2.24) is 19.7 Å². The molecule has 0 bridgehead atoms.